The Balaban J connectivity index is 2.41. The van der Waals surface area contributed by atoms with E-state index in [0.29, 0.717) is 12.5 Å². The molecule has 0 heterocycles. The van der Waals surface area contributed by atoms with Crippen molar-refractivity contribution in [1.82, 2.24) is 0 Å². The second-order valence-corrected chi connectivity index (χ2v) is 4.13. The normalized spacial score (nSPS) is 25.2. The molecule has 1 atom stereocenters. The summed E-state index contributed by atoms with van der Waals surface area (Å²) in [5, 5.41) is 10.0. The molecular weight excluding hydrogens is 152 g/mol. The van der Waals surface area contributed by atoms with E-state index in [1.807, 2.05) is 6.92 Å². The fraction of sp³-hybridized carbons (Fsp3) is 1.00. The van der Waals surface area contributed by atoms with Gasteiger partial charge in [0.1, 0.15) is 0 Å². The second-order valence-electron chi connectivity index (χ2n) is 4.13. The lowest BCUT2D eigenvalue weighted by atomic mass is 9.78. The average Bonchev–Trinajstić information content (AvgIpc) is 2.06. The summed E-state index contributed by atoms with van der Waals surface area (Å²) in [6, 6.07) is 0. The van der Waals surface area contributed by atoms with E-state index in [4.69, 9.17) is 4.74 Å². The highest BCUT2D eigenvalue weighted by molar-refractivity contribution is 4.83. The molecule has 1 unspecified atom stereocenters. The van der Waals surface area contributed by atoms with E-state index in [9.17, 15) is 5.11 Å². The fourth-order valence-corrected chi connectivity index (χ4v) is 2.13. The first kappa shape index (κ1) is 10.0. The summed E-state index contributed by atoms with van der Waals surface area (Å²) in [7, 11) is 1.65. The largest absolute Gasteiger partial charge is 0.387 e. The number of aliphatic hydroxyl groups is 1. The Hall–Kier alpha value is -0.0800. The monoisotopic (exact) mass is 172 g/mol. The molecule has 1 fully saturated rings. The van der Waals surface area contributed by atoms with Gasteiger partial charge in [0.15, 0.2) is 0 Å². The third-order valence-corrected chi connectivity index (χ3v) is 2.92. The van der Waals surface area contributed by atoms with Crippen molar-refractivity contribution in [3.8, 4) is 0 Å². The van der Waals surface area contributed by atoms with Gasteiger partial charge < -0.3 is 9.84 Å². The van der Waals surface area contributed by atoms with Gasteiger partial charge in [-0.1, -0.05) is 19.3 Å². The summed E-state index contributed by atoms with van der Waals surface area (Å²) in [6.07, 6.45) is 6.20. The van der Waals surface area contributed by atoms with Gasteiger partial charge in [0.2, 0.25) is 0 Å². The first-order chi connectivity index (χ1) is 5.67. The molecule has 1 aliphatic rings. The summed E-state index contributed by atoms with van der Waals surface area (Å²) in [4.78, 5) is 0. The van der Waals surface area contributed by atoms with Crippen molar-refractivity contribution in [2.45, 2.75) is 44.6 Å². The van der Waals surface area contributed by atoms with Crippen LogP contribution in [0.3, 0.4) is 0 Å². The van der Waals surface area contributed by atoms with Crippen molar-refractivity contribution < 1.29 is 9.84 Å². The summed E-state index contributed by atoms with van der Waals surface area (Å²) >= 11 is 0. The van der Waals surface area contributed by atoms with Gasteiger partial charge >= 0.3 is 0 Å². The van der Waals surface area contributed by atoms with Gasteiger partial charge in [-0.3, -0.25) is 0 Å². The van der Waals surface area contributed by atoms with Crippen molar-refractivity contribution in [2.24, 2.45) is 5.92 Å². The van der Waals surface area contributed by atoms with E-state index in [2.05, 4.69) is 0 Å². The molecule has 2 heteroatoms. The number of hydrogen-bond acceptors (Lipinski definition) is 2. The minimum absolute atomic E-state index is 0.450. The lowest BCUT2D eigenvalue weighted by Gasteiger charge is -2.34. The van der Waals surface area contributed by atoms with E-state index in [0.717, 1.165) is 12.8 Å². The first-order valence-electron chi connectivity index (χ1n) is 4.88. The summed E-state index contributed by atoms with van der Waals surface area (Å²) in [5.41, 5.74) is -0.602. The molecule has 0 saturated heterocycles. The van der Waals surface area contributed by atoms with Crippen molar-refractivity contribution in [1.29, 1.82) is 0 Å². The van der Waals surface area contributed by atoms with Crippen LogP contribution in [0.15, 0.2) is 0 Å². The molecule has 0 amide bonds. The van der Waals surface area contributed by atoms with Crippen LogP contribution in [0, 0.1) is 5.92 Å². The molecule has 0 aromatic rings. The molecule has 1 rings (SSSR count). The SMILES string of the molecule is COCC(C)(O)C1CCCCC1. The minimum Gasteiger partial charge on any atom is -0.387 e. The van der Waals surface area contributed by atoms with Crippen LogP contribution in [0.5, 0.6) is 0 Å². The first-order valence-corrected chi connectivity index (χ1v) is 4.88. The second kappa shape index (κ2) is 4.24. The lowest BCUT2D eigenvalue weighted by Crippen LogP contribution is -2.40. The molecule has 0 aliphatic heterocycles. The Bertz CT molecular complexity index is 126. The van der Waals surface area contributed by atoms with Gasteiger partial charge in [-0.05, 0) is 25.7 Å². The molecule has 1 saturated carbocycles. The molecule has 1 N–H and O–H groups in total. The van der Waals surface area contributed by atoms with E-state index >= 15 is 0 Å². The predicted molar refractivity (Wildman–Crippen MR) is 49.1 cm³/mol. The number of ether oxygens (including phenoxy) is 1. The van der Waals surface area contributed by atoms with Crippen LogP contribution < -0.4 is 0 Å². The van der Waals surface area contributed by atoms with Crippen LogP contribution in [0.1, 0.15) is 39.0 Å². The number of hydrogen-bond donors (Lipinski definition) is 1. The van der Waals surface area contributed by atoms with E-state index in [1.165, 1.54) is 19.3 Å². The third-order valence-electron chi connectivity index (χ3n) is 2.92. The zero-order chi connectivity index (χ0) is 9.03. The van der Waals surface area contributed by atoms with E-state index < -0.39 is 5.60 Å². The van der Waals surface area contributed by atoms with Crippen molar-refractivity contribution in [2.75, 3.05) is 13.7 Å². The molecule has 0 bridgehead atoms. The summed E-state index contributed by atoms with van der Waals surface area (Å²) in [6.45, 7) is 2.37. The van der Waals surface area contributed by atoms with Gasteiger partial charge in [-0.2, -0.15) is 0 Å². The molecule has 12 heavy (non-hydrogen) atoms. The van der Waals surface area contributed by atoms with Crippen LogP contribution in [-0.2, 0) is 4.74 Å². The summed E-state index contributed by atoms with van der Waals surface area (Å²) in [5.74, 6) is 0.450. The highest BCUT2D eigenvalue weighted by Gasteiger charge is 2.32. The van der Waals surface area contributed by atoms with Crippen molar-refractivity contribution in [3.05, 3.63) is 0 Å². The van der Waals surface area contributed by atoms with Gasteiger partial charge in [0, 0.05) is 7.11 Å². The standard InChI is InChI=1S/C10H20O2/c1-10(11,8-12-2)9-6-4-3-5-7-9/h9,11H,3-8H2,1-2H3. The quantitative estimate of drug-likeness (QED) is 0.705. The fourth-order valence-electron chi connectivity index (χ4n) is 2.13. The Labute approximate surface area is 74.9 Å². The van der Waals surface area contributed by atoms with Crippen molar-refractivity contribution in [3.63, 3.8) is 0 Å². The Morgan fingerprint density at radius 2 is 1.92 bits per heavy atom. The van der Waals surface area contributed by atoms with Crippen LogP contribution in [0.2, 0.25) is 0 Å². The van der Waals surface area contributed by atoms with Crippen LogP contribution in [-0.4, -0.2) is 24.4 Å². The van der Waals surface area contributed by atoms with Crippen LogP contribution in [0.4, 0.5) is 0 Å². The molecule has 0 aromatic carbocycles. The highest BCUT2D eigenvalue weighted by Crippen LogP contribution is 2.32. The smallest absolute Gasteiger partial charge is 0.0879 e. The Morgan fingerprint density at radius 1 is 1.33 bits per heavy atom. The van der Waals surface area contributed by atoms with E-state index in [-0.39, 0.29) is 0 Å². The maximum absolute atomic E-state index is 10.0. The molecule has 0 aromatic heterocycles. The van der Waals surface area contributed by atoms with Crippen molar-refractivity contribution >= 4 is 0 Å². The molecule has 1 aliphatic carbocycles. The number of rotatable bonds is 3. The molecular formula is C10H20O2. The predicted octanol–water partition coefficient (Wildman–Crippen LogP) is 1.96. The van der Waals surface area contributed by atoms with Crippen LogP contribution in [0.25, 0.3) is 0 Å². The topological polar surface area (TPSA) is 29.5 Å². The van der Waals surface area contributed by atoms with Gasteiger partial charge in [0.25, 0.3) is 0 Å². The average molecular weight is 172 g/mol. The van der Waals surface area contributed by atoms with Gasteiger partial charge in [-0.15, -0.1) is 0 Å². The third kappa shape index (κ3) is 2.46. The summed E-state index contributed by atoms with van der Waals surface area (Å²) < 4.78 is 5.01. The Morgan fingerprint density at radius 3 is 2.42 bits per heavy atom. The molecule has 0 spiro atoms. The van der Waals surface area contributed by atoms with E-state index in [1.54, 1.807) is 7.11 Å². The number of methoxy groups -OCH3 is 1. The zero-order valence-electron chi connectivity index (χ0n) is 8.18. The minimum atomic E-state index is -0.602. The Kier molecular flexibility index (Phi) is 3.53. The highest BCUT2D eigenvalue weighted by atomic mass is 16.5. The zero-order valence-corrected chi connectivity index (χ0v) is 8.18. The van der Waals surface area contributed by atoms with Gasteiger partial charge in [-0.25, -0.2) is 0 Å². The van der Waals surface area contributed by atoms with Gasteiger partial charge in [0.05, 0.1) is 12.2 Å². The lowest BCUT2D eigenvalue weighted by molar-refractivity contribution is -0.0697. The molecule has 72 valence electrons. The maximum Gasteiger partial charge on any atom is 0.0879 e. The maximum atomic E-state index is 10.0. The molecule has 2 nitrogen and oxygen atoms in total. The molecule has 0 radical (unpaired) electrons. The van der Waals surface area contributed by atoms with Crippen LogP contribution >= 0.6 is 0 Å².